The van der Waals surface area contributed by atoms with Crippen molar-refractivity contribution in [2.45, 2.75) is 32.6 Å². The van der Waals surface area contributed by atoms with Crippen LogP contribution in [0, 0.1) is 13.8 Å². The molecule has 6 heteroatoms. The summed E-state index contributed by atoms with van der Waals surface area (Å²) < 4.78 is 27.7. The minimum Gasteiger partial charge on any atom is -0.388 e. The maximum absolute atomic E-state index is 12.5. The summed E-state index contributed by atoms with van der Waals surface area (Å²) in [5.74, 6) is 0. The van der Waals surface area contributed by atoms with E-state index in [1.165, 1.54) is 0 Å². The molecule has 0 unspecified atom stereocenters. The van der Waals surface area contributed by atoms with Crippen LogP contribution in [0.1, 0.15) is 25.0 Å². The van der Waals surface area contributed by atoms with Crippen LogP contribution >= 0.6 is 0 Å². The molecule has 21 heavy (non-hydrogen) atoms. The number of likely N-dealkylation sites (N-methyl/N-ethyl adjacent to an activating group) is 1. The van der Waals surface area contributed by atoms with E-state index in [2.05, 4.69) is 28.8 Å². The monoisotopic (exact) mass is 313 g/mol. The summed E-state index contributed by atoms with van der Waals surface area (Å²) in [7, 11) is -1.64. The lowest BCUT2D eigenvalue weighted by Gasteiger charge is -2.19. The van der Waals surface area contributed by atoms with Crippen LogP contribution in [0.15, 0.2) is 17.0 Å². The van der Waals surface area contributed by atoms with Crippen LogP contribution < -0.4 is 10.0 Å². The number of nitrogens with one attached hydrogen (secondary N) is 2. The van der Waals surface area contributed by atoms with E-state index in [9.17, 15) is 8.42 Å². The SMILES string of the molecule is CCN(CC)CCNS(=O)(=O)c1c(C)cc(NC)cc1C. The van der Waals surface area contributed by atoms with Crippen LogP contribution in [0.3, 0.4) is 0 Å². The van der Waals surface area contributed by atoms with Crippen LogP contribution in [0.2, 0.25) is 0 Å². The Balaban J connectivity index is 2.88. The van der Waals surface area contributed by atoms with Gasteiger partial charge in [-0.05, 0) is 50.2 Å². The molecule has 0 amide bonds. The highest BCUT2D eigenvalue weighted by Crippen LogP contribution is 2.24. The summed E-state index contributed by atoms with van der Waals surface area (Å²) >= 11 is 0. The molecule has 0 aliphatic carbocycles. The molecule has 0 aliphatic heterocycles. The molecule has 1 rings (SSSR count). The number of sulfonamides is 1. The Morgan fingerprint density at radius 3 is 2.05 bits per heavy atom. The third-order valence-electron chi connectivity index (χ3n) is 3.63. The summed E-state index contributed by atoms with van der Waals surface area (Å²) in [6, 6.07) is 3.71. The van der Waals surface area contributed by atoms with Gasteiger partial charge in [-0.1, -0.05) is 13.8 Å². The normalized spacial score (nSPS) is 11.9. The lowest BCUT2D eigenvalue weighted by molar-refractivity contribution is 0.309. The summed E-state index contributed by atoms with van der Waals surface area (Å²) in [4.78, 5) is 2.58. The molecular formula is C15H27N3O2S. The van der Waals surface area contributed by atoms with Crippen LogP contribution in [0.4, 0.5) is 5.69 Å². The Morgan fingerprint density at radius 2 is 1.62 bits per heavy atom. The average Bonchev–Trinajstić information content (AvgIpc) is 2.42. The standard InChI is InChI=1S/C15H27N3O2S/c1-6-18(7-2)9-8-17-21(19,20)15-12(3)10-14(16-5)11-13(15)4/h10-11,16-17H,6-9H2,1-5H3. The molecule has 0 bridgehead atoms. The summed E-state index contributed by atoms with van der Waals surface area (Å²) in [5, 5.41) is 3.04. The topological polar surface area (TPSA) is 61.4 Å². The highest BCUT2D eigenvalue weighted by molar-refractivity contribution is 7.89. The fourth-order valence-electron chi connectivity index (χ4n) is 2.47. The van der Waals surface area contributed by atoms with Crippen LogP contribution in [-0.2, 0) is 10.0 Å². The van der Waals surface area contributed by atoms with Gasteiger partial charge in [-0.2, -0.15) is 0 Å². The second kappa shape index (κ2) is 7.77. The number of anilines is 1. The van der Waals surface area contributed by atoms with Crippen LogP contribution in [-0.4, -0.2) is 46.5 Å². The van der Waals surface area contributed by atoms with Gasteiger partial charge in [0.25, 0.3) is 0 Å². The molecule has 1 aromatic carbocycles. The molecular weight excluding hydrogens is 286 g/mol. The molecule has 1 aromatic rings. The van der Waals surface area contributed by atoms with E-state index in [1.54, 1.807) is 0 Å². The van der Waals surface area contributed by atoms with Gasteiger partial charge in [0.2, 0.25) is 10.0 Å². The maximum atomic E-state index is 12.5. The maximum Gasteiger partial charge on any atom is 0.241 e. The summed E-state index contributed by atoms with van der Waals surface area (Å²) in [6.07, 6.45) is 0. The van der Waals surface area contributed by atoms with E-state index in [0.717, 1.165) is 36.4 Å². The lowest BCUT2D eigenvalue weighted by Crippen LogP contribution is -2.35. The van der Waals surface area contributed by atoms with E-state index < -0.39 is 10.0 Å². The van der Waals surface area contributed by atoms with Crippen molar-refractivity contribution >= 4 is 15.7 Å². The molecule has 0 spiro atoms. The molecule has 0 aromatic heterocycles. The molecule has 120 valence electrons. The minimum atomic E-state index is -3.46. The van der Waals surface area contributed by atoms with Crippen molar-refractivity contribution in [2.24, 2.45) is 0 Å². The summed E-state index contributed by atoms with van der Waals surface area (Å²) in [6.45, 7) is 10.8. The van der Waals surface area contributed by atoms with E-state index in [1.807, 2.05) is 33.0 Å². The zero-order chi connectivity index (χ0) is 16.0. The predicted octanol–water partition coefficient (Wildman–Crippen LogP) is 1.97. The van der Waals surface area contributed by atoms with E-state index in [4.69, 9.17) is 0 Å². The van der Waals surface area contributed by atoms with Gasteiger partial charge >= 0.3 is 0 Å². The zero-order valence-electron chi connectivity index (χ0n) is 13.7. The first-order valence-corrected chi connectivity index (χ1v) is 8.85. The van der Waals surface area contributed by atoms with Gasteiger partial charge in [-0.3, -0.25) is 0 Å². The Labute approximate surface area is 128 Å². The van der Waals surface area contributed by atoms with Crippen molar-refractivity contribution in [3.63, 3.8) is 0 Å². The van der Waals surface area contributed by atoms with Gasteiger partial charge in [0.05, 0.1) is 4.90 Å². The zero-order valence-corrected chi connectivity index (χ0v) is 14.5. The molecule has 2 N–H and O–H groups in total. The van der Waals surface area contributed by atoms with Crippen molar-refractivity contribution in [1.82, 2.24) is 9.62 Å². The molecule has 0 fully saturated rings. The fraction of sp³-hybridized carbons (Fsp3) is 0.600. The highest BCUT2D eigenvalue weighted by atomic mass is 32.2. The van der Waals surface area contributed by atoms with Gasteiger partial charge in [0.1, 0.15) is 0 Å². The van der Waals surface area contributed by atoms with Crippen molar-refractivity contribution in [3.8, 4) is 0 Å². The highest BCUT2D eigenvalue weighted by Gasteiger charge is 2.19. The molecule has 5 nitrogen and oxygen atoms in total. The number of benzene rings is 1. The minimum absolute atomic E-state index is 0.390. The first-order valence-electron chi connectivity index (χ1n) is 7.36. The van der Waals surface area contributed by atoms with E-state index in [-0.39, 0.29) is 0 Å². The number of nitrogens with zero attached hydrogens (tertiary/aromatic N) is 1. The van der Waals surface area contributed by atoms with Gasteiger partial charge in [-0.25, -0.2) is 13.1 Å². The smallest absolute Gasteiger partial charge is 0.241 e. The number of aryl methyl sites for hydroxylation is 2. The lowest BCUT2D eigenvalue weighted by atomic mass is 10.1. The number of hydrogen-bond acceptors (Lipinski definition) is 4. The quantitative estimate of drug-likeness (QED) is 0.770. The second-order valence-corrected chi connectivity index (χ2v) is 6.82. The molecule has 0 radical (unpaired) electrons. The Morgan fingerprint density at radius 1 is 1.10 bits per heavy atom. The predicted molar refractivity (Wildman–Crippen MR) is 88.4 cm³/mol. The number of rotatable bonds is 8. The van der Waals surface area contributed by atoms with Gasteiger partial charge in [0.15, 0.2) is 0 Å². The third kappa shape index (κ3) is 4.69. The molecule has 0 atom stereocenters. The molecule has 0 saturated heterocycles. The Hall–Kier alpha value is -1.11. The number of hydrogen-bond donors (Lipinski definition) is 2. The van der Waals surface area contributed by atoms with Crippen molar-refractivity contribution in [1.29, 1.82) is 0 Å². The fourth-order valence-corrected chi connectivity index (χ4v) is 3.94. The largest absolute Gasteiger partial charge is 0.388 e. The van der Waals surface area contributed by atoms with Gasteiger partial charge in [-0.15, -0.1) is 0 Å². The third-order valence-corrected chi connectivity index (χ3v) is 5.40. The van der Waals surface area contributed by atoms with Crippen molar-refractivity contribution in [2.75, 3.05) is 38.5 Å². The van der Waals surface area contributed by atoms with Crippen LogP contribution in [0.5, 0.6) is 0 Å². The molecule has 0 heterocycles. The van der Waals surface area contributed by atoms with Crippen molar-refractivity contribution < 1.29 is 8.42 Å². The van der Waals surface area contributed by atoms with Crippen LogP contribution in [0.25, 0.3) is 0 Å². The Kier molecular flexibility index (Phi) is 6.64. The second-order valence-electron chi connectivity index (χ2n) is 5.11. The first-order chi connectivity index (χ1) is 9.85. The molecule has 0 saturated carbocycles. The Bertz CT molecular complexity index is 543. The van der Waals surface area contributed by atoms with Crippen molar-refractivity contribution in [3.05, 3.63) is 23.3 Å². The van der Waals surface area contributed by atoms with Gasteiger partial charge in [0, 0.05) is 25.8 Å². The molecule has 0 aliphatic rings. The first kappa shape index (κ1) is 17.9. The average molecular weight is 313 g/mol. The van der Waals surface area contributed by atoms with E-state index in [0.29, 0.717) is 11.4 Å². The summed E-state index contributed by atoms with van der Waals surface area (Å²) in [5.41, 5.74) is 2.44. The van der Waals surface area contributed by atoms with Gasteiger partial charge < -0.3 is 10.2 Å². The van der Waals surface area contributed by atoms with E-state index >= 15 is 0 Å².